The zero-order chi connectivity index (χ0) is 14.4. The Labute approximate surface area is 124 Å². The summed E-state index contributed by atoms with van der Waals surface area (Å²) < 4.78 is 0. The van der Waals surface area contributed by atoms with E-state index in [1.165, 1.54) is 43.7 Å². The van der Waals surface area contributed by atoms with Crippen LogP contribution in [0.5, 0.6) is 0 Å². The highest BCUT2D eigenvalue weighted by Crippen LogP contribution is 2.16. The topological polar surface area (TPSA) is 52.6 Å². The minimum absolute atomic E-state index is 0.397. The van der Waals surface area contributed by atoms with Crippen LogP contribution >= 0.6 is 11.3 Å². The van der Waals surface area contributed by atoms with Crippen molar-refractivity contribution in [2.75, 3.05) is 19.6 Å². The van der Waals surface area contributed by atoms with Crippen molar-refractivity contribution in [3.63, 3.8) is 0 Å². The van der Waals surface area contributed by atoms with E-state index < -0.39 is 5.97 Å². The van der Waals surface area contributed by atoms with E-state index in [1.54, 1.807) is 11.4 Å². The molecule has 20 heavy (non-hydrogen) atoms. The van der Waals surface area contributed by atoms with Gasteiger partial charge >= 0.3 is 5.97 Å². The van der Waals surface area contributed by atoms with Crippen molar-refractivity contribution in [3.05, 3.63) is 21.9 Å². The van der Waals surface area contributed by atoms with E-state index in [1.807, 2.05) is 0 Å². The Morgan fingerprint density at radius 1 is 1.55 bits per heavy atom. The summed E-state index contributed by atoms with van der Waals surface area (Å²) in [4.78, 5) is 14.5. The number of piperidine rings is 1. The van der Waals surface area contributed by atoms with Gasteiger partial charge in [-0.3, -0.25) is 0 Å². The van der Waals surface area contributed by atoms with Gasteiger partial charge in [0.1, 0.15) is 0 Å². The van der Waals surface area contributed by atoms with Gasteiger partial charge in [0.15, 0.2) is 0 Å². The molecule has 1 saturated heterocycles. The Kier molecular flexibility index (Phi) is 6.01. The Bertz CT molecular complexity index is 433. The lowest BCUT2D eigenvalue weighted by Crippen LogP contribution is -2.38. The lowest BCUT2D eigenvalue weighted by Gasteiger charge is -2.33. The minimum Gasteiger partial charge on any atom is -0.478 e. The molecule has 4 nitrogen and oxygen atoms in total. The summed E-state index contributed by atoms with van der Waals surface area (Å²) in [5, 5.41) is 14.0. The van der Waals surface area contributed by atoms with Crippen LogP contribution in [0.1, 0.15) is 47.8 Å². The molecular formula is C15H24N2O2S. The fraction of sp³-hybridized carbons (Fsp3) is 0.667. The molecule has 1 fully saturated rings. The second-order valence-electron chi connectivity index (χ2n) is 5.52. The van der Waals surface area contributed by atoms with Crippen LogP contribution in [0.2, 0.25) is 0 Å². The van der Waals surface area contributed by atoms with Gasteiger partial charge in [0.25, 0.3) is 0 Å². The number of carboxylic acid groups (broad SMARTS) is 1. The first-order valence-electron chi connectivity index (χ1n) is 7.42. The fourth-order valence-corrected chi connectivity index (χ4v) is 3.52. The molecule has 0 spiro atoms. The number of hydrogen-bond donors (Lipinski definition) is 2. The van der Waals surface area contributed by atoms with E-state index in [9.17, 15) is 4.79 Å². The zero-order valence-corrected chi connectivity index (χ0v) is 12.9. The molecule has 1 aromatic heterocycles. The van der Waals surface area contributed by atoms with Gasteiger partial charge in [-0.1, -0.05) is 6.42 Å². The summed E-state index contributed by atoms with van der Waals surface area (Å²) in [7, 11) is 0. The summed E-state index contributed by atoms with van der Waals surface area (Å²) in [6.07, 6.45) is 5.20. The maximum Gasteiger partial charge on any atom is 0.336 e. The van der Waals surface area contributed by atoms with E-state index >= 15 is 0 Å². The molecule has 0 saturated carbocycles. The van der Waals surface area contributed by atoms with Crippen LogP contribution < -0.4 is 5.32 Å². The normalized spacial score (nSPS) is 20.1. The highest BCUT2D eigenvalue weighted by atomic mass is 32.1. The molecule has 112 valence electrons. The Morgan fingerprint density at radius 3 is 3.10 bits per heavy atom. The van der Waals surface area contributed by atoms with E-state index in [2.05, 4.69) is 17.1 Å². The number of hydrogen-bond acceptors (Lipinski definition) is 4. The molecule has 0 radical (unpaired) electrons. The quantitative estimate of drug-likeness (QED) is 0.760. The Hall–Kier alpha value is -0.910. The summed E-state index contributed by atoms with van der Waals surface area (Å²) in [6, 6.07) is 2.49. The molecule has 1 aromatic rings. The number of carboxylic acids is 1. The van der Waals surface area contributed by atoms with Gasteiger partial charge in [-0.25, -0.2) is 4.79 Å². The monoisotopic (exact) mass is 296 g/mol. The molecular weight excluding hydrogens is 272 g/mol. The van der Waals surface area contributed by atoms with Gasteiger partial charge in [0.05, 0.1) is 5.56 Å². The molecule has 0 aromatic carbocycles. The van der Waals surface area contributed by atoms with Crippen molar-refractivity contribution >= 4 is 17.3 Å². The van der Waals surface area contributed by atoms with E-state index in [4.69, 9.17) is 5.11 Å². The maximum atomic E-state index is 10.8. The number of nitrogens with zero attached hydrogens (tertiary/aromatic N) is 1. The van der Waals surface area contributed by atoms with Crippen molar-refractivity contribution in [2.24, 2.45) is 0 Å². The third-order valence-electron chi connectivity index (χ3n) is 3.94. The van der Waals surface area contributed by atoms with Crippen LogP contribution in [0, 0.1) is 0 Å². The number of likely N-dealkylation sites (tertiary alicyclic amines) is 1. The average molecular weight is 296 g/mol. The van der Waals surface area contributed by atoms with E-state index in [0.29, 0.717) is 5.56 Å². The Balaban J connectivity index is 1.60. The third-order valence-corrected chi connectivity index (χ3v) is 4.88. The molecule has 0 aliphatic carbocycles. The predicted molar refractivity (Wildman–Crippen MR) is 82.5 cm³/mol. The van der Waals surface area contributed by atoms with E-state index in [0.717, 1.165) is 30.4 Å². The van der Waals surface area contributed by atoms with Crippen molar-refractivity contribution in [1.29, 1.82) is 0 Å². The summed E-state index contributed by atoms with van der Waals surface area (Å²) in [5.74, 6) is -0.841. The smallest absolute Gasteiger partial charge is 0.336 e. The first-order valence-corrected chi connectivity index (χ1v) is 8.30. The van der Waals surface area contributed by atoms with Crippen molar-refractivity contribution in [1.82, 2.24) is 10.2 Å². The van der Waals surface area contributed by atoms with Crippen LogP contribution in [-0.4, -0.2) is 41.7 Å². The zero-order valence-electron chi connectivity index (χ0n) is 12.1. The predicted octanol–water partition coefficient (Wildman–Crippen LogP) is 2.80. The van der Waals surface area contributed by atoms with Gasteiger partial charge in [0, 0.05) is 22.8 Å². The first-order chi connectivity index (χ1) is 9.66. The molecule has 5 heteroatoms. The van der Waals surface area contributed by atoms with Gasteiger partial charge < -0.3 is 15.3 Å². The molecule has 2 rings (SSSR count). The molecule has 1 unspecified atom stereocenters. The number of carbonyl (C=O) groups is 1. The van der Waals surface area contributed by atoms with Crippen LogP contribution in [-0.2, 0) is 6.54 Å². The molecule has 2 N–H and O–H groups in total. The first kappa shape index (κ1) is 15.5. The largest absolute Gasteiger partial charge is 0.478 e. The lowest BCUT2D eigenvalue weighted by atomic mass is 10.0. The van der Waals surface area contributed by atoms with Gasteiger partial charge in [-0.05, 0) is 51.9 Å². The Morgan fingerprint density at radius 2 is 2.40 bits per heavy atom. The summed E-state index contributed by atoms with van der Waals surface area (Å²) in [6.45, 7) is 6.50. The standard InChI is InChI=1S/C15H24N2O2S/c1-12-5-2-3-7-17(12)8-4-6-16-10-14-9-13(11-20-14)15(18)19/h9,11-12,16H,2-8,10H2,1H3,(H,18,19). The molecule has 0 amide bonds. The van der Waals surface area contributed by atoms with E-state index in [-0.39, 0.29) is 0 Å². The van der Waals surface area contributed by atoms with Gasteiger partial charge in [-0.15, -0.1) is 11.3 Å². The van der Waals surface area contributed by atoms with Gasteiger partial charge in [0.2, 0.25) is 0 Å². The number of nitrogens with one attached hydrogen (secondary N) is 1. The lowest BCUT2D eigenvalue weighted by molar-refractivity contribution is 0.0697. The third kappa shape index (κ3) is 4.58. The molecule has 1 aliphatic heterocycles. The number of thiophene rings is 1. The molecule has 2 heterocycles. The minimum atomic E-state index is -0.841. The maximum absolute atomic E-state index is 10.8. The van der Waals surface area contributed by atoms with Crippen molar-refractivity contribution < 1.29 is 9.90 Å². The number of aromatic carboxylic acids is 1. The van der Waals surface area contributed by atoms with Crippen molar-refractivity contribution in [2.45, 2.75) is 45.2 Å². The highest BCUT2D eigenvalue weighted by molar-refractivity contribution is 7.10. The molecule has 1 atom stereocenters. The average Bonchev–Trinajstić information content (AvgIpc) is 2.89. The van der Waals surface area contributed by atoms with Crippen molar-refractivity contribution in [3.8, 4) is 0 Å². The van der Waals surface area contributed by atoms with Crippen LogP contribution in [0.25, 0.3) is 0 Å². The molecule has 0 bridgehead atoms. The second kappa shape index (κ2) is 7.76. The van der Waals surface area contributed by atoms with Crippen LogP contribution in [0.3, 0.4) is 0 Å². The molecule has 1 aliphatic rings. The fourth-order valence-electron chi connectivity index (χ4n) is 2.69. The van der Waals surface area contributed by atoms with Crippen LogP contribution in [0.4, 0.5) is 0 Å². The highest BCUT2D eigenvalue weighted by Gasteiger charge is 2.16. The van der Waals surface area contributed by atoms with Crippen LogP contribution in [0.15, 0.2) is 11.4 Å². The summed E-state index contributed by atoms with van der Waals surface area (Å²) in [5.41, 5.74) is 0.397. The second-order valence-corrected chi connectivity index (χ2v) is 6.51. The SMILES string of the molecule is CC1CCCCN1CCCNCc1cc(C(=O)O)cs1. The summed E-state index contributed by atoms with van der Waals surface area (Å²) >= 11 is 1.51. The van der Waals surface area contributed by atoms with Gasteiger partial charge in [-0.2, -0.15) is 0 Å². The number of rotatable bonds is 7.